The Labute approximate surface area is 307 Å². The predicted molar refractivity (Wildman–Crippen MR) is 218 cm³/mol. The highest BCUT2D eigenvalue weighted by atomic mass is 32.2. The van der Waals surface area contributed by atoms with Crippen molar-refractivity contribution >= 4 is 33.3 Å². The van der Waals surface area contributed by atoms with Crippen LogP contribution in [-0.4, -0.2) is 0 Å². The molecule has 0 radical (unpaired) electrons. The molecule has 0 aromatic heterocycles. The molecule has 1 heterocycles. The Morgan fingerprint density at radius 1 is 0.327 bits per heavy atom. The van der Waals surface area contributed by atoms with Gasteiger partial charge in [0.25, 0.3) is 0 Å². The van der Waals surface area contributed by atoms with E-state index in [0.29, 0.717) is 0 Å². The van der Waals surface area contributed by atoms with Crippen molar-refractivity contribution in [3.63, 3.8) is 0 Å². The number of hydrogen-bond donors (Lipinski definition) is 0. The molecule has 1 unspecified atom stereocenters. The molecule has 1 spiro atoms. The van der Waals surface area contributed by atoms with Gasteiger partial charge in [-0.3, -0.25) is 0 Å². The first-order valence-electron chi connectivity index (χ1n) is 18.1. The maximum atomic E-state index is 2.47. The van der Waals surface area contributed by atoms with Crippen molar-refractivity contribution in [2.75, 3.05) is 0 Å². The Kier molecular flexibility index (Phi) is 5.73. The fraction of sp³-hybridized carbons (Fsp3) is 0.0196. The lowest BCUT2D eigenvalue weighted by Crippen LogP contribution is -2.25. The lowest BCUT2D eigenvalue weighted by Gasteiger charge is -2.30. The van der Waals surface area contributed by atoms with Crippen LogP contribution in [0.4, 0.5) is 0 Å². The molecular formula is C51H30S. The van der Waals surface area contributed by atoms with Gasteiger partial charge in [0.2, 0.25) is 0 Å². The van der Waals surface area contributed by atoms with Crippen molar-refractivity contribution in [2.24, 2.45) is 0 Å². The Hall–Kier alpha value is -6.15. The summed E-state index contributed by atoms with van der Waals surface area (Å²) in [6, 6.07) is 68.4. The monoisotopic (exact) mass is 674 g/mol. The third-order valence-electron chi connectivity index (χ3n) is 11.9. The molecule has 0 fully saturated rings. The standard InChI is InChI=1S/C51H30S/c1-2-12-34-30-46-42(29-33(34)11-1)37-13-3-6-19-43(37)51(46)44-20-7-4-15-41(44)49-36(16-10-21-45(49)51)32-25-23-31(24-26-32)35-27-28-48-50-39(35)17-9-18-40(50)38-14-5-8-22-47(38)52-48/h1-30H. The average Bonchev–Trinajstić information content (AvgIpc) is 3.67. The highest BCUT2D eigenvalue weighted by Gasteiger charge is 2.52. The van der Waals surface area contributed by atoms with Gasteiger partial charge in [0.05, 0.1) is 5.41 Å². The Morgan fingerprint density at radius 2 is 0.923 bits per heavy atom. The van der Waals surface area contributed by atoms with E-state index in [1.807, 2.05) is 11.8 Å². The summed E-state index contributed by atoms with van der Waals surface area (Å²) in [5, 5.41) is 5.24. The van der Waals surface area contributed by atoms with Crippen molar-refractivity contribution in [3.8, 4) is 55.6 Å². The summed E-state index contributed by atoms with van der Waals surface area (Å²) in [7, 11) is 0. The first kappa shape index (κ1) is 28.5. The summed E-state index contributed by atoms with van der Waals surface area (Å²) in [4.78, 5) is 2.66. The summed E-state index contributed by atoms with van der Waals surface area (Å²) < 4.78 is 0. The minimum absolute atomic E-state index is 0.377. The van der Waals surface area contributed by atoms with Crippen molar-refractivity contribution in [1.82, 2.24) is 0 Å². The maximum Gasteiger partial charge on any atom is 0.0725 e. The lowest BCUT2D eigenvalue weighted by molar-refractivity contribution is 0.795. The second-order valence-electron chi connectivity index (χ2n) is 14.3. The highest BCUT2D eigenvalue weighted by Crippen LogP contribution is 2.64. The summed E-state index contributed by atoms with van der Waals surface area (Å²) >= 11 is 1.88. The van der Waals surface area contributed by atoms with E-state index in [1.54, 1.807) is 0 Å². The van der Waals surface area contributed by atoms with E-state index in [0.717, 1.165) is 0 Å². The van der Waals surface area contributed by atoms with Crippen molar-refractivity contribution < 1.29 is 0 Å². The Balaban J connectivity index is 1.05. The minimum Gasteiger partial charge on any atom is -0.0888 e. The first-order valence-corrected chi connectivity index (χ1v) is 18.9. The largest absolute Gasteiger partial charge is 0.0888 e. The van der Waals surface area contributed by atoms with Gasteiger partial charge in [-0.2, -0.15) is 0 Å². The fourth-order valence-corrected chi connectivity index (χ4v) is 10.9. The predicted octanol–water partition coefficient (Wildman–Crippen LogP) is 13.8. The zero-order chi connectivity index (χ0) is 34.0. The second-order valence-corrected chi connectivity index (χ2v) is 15.4. The number of rotatable bonds is 2. The van der Waals surface area contributed by atoms with Gasteiger partial charge in [0, 0.05) is 15.2 Å². The smallest absolute Gasteiger partial charge is 0.0725 e. The van der Waals surface area contributed by atoms with E-state index in [1.165, 1.54) is 109 Å². The topological polar surface area (TPSA) is 0 Å². The van der Waals surface area contributed by atoms with Crippen LogP contribution in [0, 0.1) is 0 Å². The van der Waals surface area contributed by atoms with Gasteiger partial charge in [-0.1, -0.05) is 169 Å². The summed E-state index contributed by atoms with van der Waals surface area (Å²) in [5.41, 5.74) is 18.2. The normalized spacial score (nSPS) is 15.7. The van der Waals surface area contributed by atoms with Gasteiger partial charge in [-0.15, -0.1) is 0 Å². The van der Waals surface area contributed by atoms with Gasteiger partial charge < -0.3 is 0 Å². The van der Waals surface area contributed by atoms with Gasteiger partial charge in [0.15, 0.2) is 0 Å². The quantitative estimate of drug-likeness (QED) is 0.176. The highest BCUT2D eigenvalue weighted by molar-refractivity contribution is 7.99. The van der Waals surface area contributed by atoms with Gasteiger partial charge in [-0.05, 0) is 118 Å². The maximum absolute atomic E-state index is 2.47. The lowest BCUT2D eigenvalue weighted by atomic mass is 9.70. The molecule has 0 N–H and O–H groups in total. The number of hydrogen-bond acceptors (Lipinski definition) is 1. The van der Waals surface area contributed by atoms with E-state index in [4.69, 9.17) is 0 Å². The zero-order valence-electron chi connectivity index (χ0n) is 28.2. The van der Waals surface area contributed by atoms with Crippen LogP contribution >= 0.6 is 11.8 Å². The summed E-state index contributed by atoms with van der Waals surface area (Å²) in [5.74, 6) is 0. The first-order chi connectivity index (χ1) is 25.8. The van der Waals surface area contributed by atoms with E-state index >= 15 is 0 Å². The van der Waals surface area contributed by atoms with Crippen LogP contribution in [0.2, 0.25) is 0 Å². The van der Waals surface area contributed by atoms with Crippen LogP contribution in [0.5, 0.6) is 0 Å². The van der Waals surface area contributed by atoms with Crippen molar-refractivity contribution in [3.05, 3.63) is 204 Å². The molecule has 52 heavy (non-hydrogen) atoms. The van der Waals surface area contributed by atoms with Crippen LogP contribution in [-0.2, 0) is 5.41 Å². The van der Waals surface area contributed by atoms with E-state index < -0.39 is 0 Å². The van der Waals surface area contributed by atoms with Crippen LogP contribution in [0.1, 0.15) is 22.3 Å². The Morgan fingerprint density at radius 3 is 1.75 bits per heavy atom. The molecule has 3 aliphatic rings. The number of benzene rings is 9. The SMILES string of the molecule is c1ccc2c(c1)Sc1ccc(-c3ccc(-c4cccc5c4-c4ccccc4C54c5ccccc5-c5cc6ccccc6cc54)cc3)c3cccc-2c13. The summed E-state index contributed by atoms with van der Waals surface area (Å²) in [6.45, 7) is 0. The third kappa shape index (κ3) is 3.63. The molecule has 1 heteroatoms. The average molecular weight is 675 g/mol. The van der Waals surface area contributed by atoms with Crippen LogP contribution in [0.3, 0.4) is 0 Å². The van der Waals surface area contributed by atoms with E-state index in [-0.39, 0.29) is 5.41 Å². The third-order valence-corrected chi connectivity index (χ3v) is 13.0. The molecule has 9 aromatic carbocycles. The second kappa shape index (κ2) is 10.4. The van der Waals surface area contributed by atoms with Crippen LogP contribution < -0.4 is 0 Å². The number of fused-ring (bicyclic) bond motifs is 13. The molecule has 12 rings (SSSR count). The van der Waals surface area contributed by atoms with Gasteiger partial charge in [-0.25, -0.2) is 0 Å². The van der Waals surface area contributed by atoms with Gasteiger partial charge in [0.1, 0.15) is 0 Å². The molecule has 0 saturated heterocycles. The molecule has 0 nitrogen and oxygen atoms in total. The van der Waals surface area contributed by atoms with Crippen LogP contribution in [0.25, 0.3) is 77.2 Å². The zero-order valence-corrected chi connectivity index (χ0v) is 29.0. The van der Waals surface area contributed by atoms with E-state index in [9.17, 15) is 0 Å². The van der Waals surface area contributed by atoms with Crippen molar-refractivity contribution in [2.45, 2.75) is 15.2 Å². The molecule has 1 atom stereocenters. The van der Waals surface area contributed by atoms with Crippen LogP contribution in [0.15, 0.2) is 192 Å². The molecular weight excluding hydrogens is 645 g/mol. The van der Waals surface area contributed by atoms with E-state index in [2.05, 4.69) is 182 Å². The molecule has 240 valence electrons. The summed E-state index contributed by atoms with van der Waals surface area (Å²) in [6.07, 6.45) is 0. The molecule has 2 aliphatic carbocycles. The Bertz CT molecular complexity index is 2990. The van der Waals surface area contributed by atoms with Crippen molar-refractivity contribution in [1.29, 1.82) is 0 Å². The van der Waals surface area contributed by atoms with Gasteiger partial charge >= 0.3 is 0 Å². The molecule has 9 aromatic rings. The fourth-order valence-electron chi connectivity index (χ4n) is 9.77. The molecule has 0 amide bonds. The molecule has 0 saturated carbocycles. The minimum atomic E-state index is -0.377. The molecule has 0 bridgehead atoms. The molecule has 1 aliphatic heterocycles.